The van der Waals surface area contributed by atoms with Crippen LogP contribution in [0.25, 0.3) is 27.7 Å². The van der Waals surface area contributed by atoms with Crippen LogP contribution in [0.2, 0.25) is 0 Å². The SMILES string of the molecule is Cc1cccc(C)c1-c1noc(C2CC2)c1C1=CC2(CCN(c3cc4c(cn3)c(C)cn4C)CC2)C1. The summed E-state index contributed by atoms with van der Waals surface area (Å²) in [7, 11) is 2.12. The molecule has 2 aliphatic carbocycles. The molecule has 0 unspecified atom stereocenters. The Labute approximate surface area is 212 Å². The van der Waals surface area contributed by atoms with Crippen LogP contribution in [0.1, 0.15) is 66.0 Å². The molecule has 0 N–H and O–H groups in total. The second kappa shape index (κ2) is 7.83. The fourth-order valence-corrected chi connectivity index (χ4v) is 6.61. The van der Waals surface area contributed by atoms with E-state index in [1.54, 1.807) is 0 Å². The average Bonchev–Trinajstić information content (AvgIpc) is 3.55. The number of rotatable bonds is 4. The van der Waals surface area contributed by atoms with Crippen LogP contribution in [-0.4, -0.2) is 27.8 Å². The van der Waals surface area contributed by atoms with Gasteiger partial charge in [0.1, 0.15) is 17.3 Å². The van der Waals surface area contributed by atoms with E-state index >= 15 is 0 Å². The van der Waals surface area contributed by atoms with E-state index < -0.39 is 0 Å². The zero-order chi connectivity index (χ0) is 24.6. The van der Waals surface area contributed by atoms with Gasteiger partial charge in [-0.25, -0.2) is 4.98 Å². The molecule has 2 fully saturated rings. The zero-order valence-corrected chi connectivity index (χ0v) is 21.8. The quantitative estimate of drug-likeness (QED) is 0.314. The van der Waals surface area contributed by atoms with Crippen molar-refractivity contribution in [2.75, 3.05) is 18.0 Å². The number of benzene rings is 1. The van der Waals surface area contributed by atoms with E-state index in [2.05, 4.69) is 79.0 Å². The van der Waals surface area contributed by atoms with Crippen molar-refractivity contribution in [1.82, 2.24) is 14.7 Å². The van der Waals surface area contributed by atoms with Gasteiger partial charge in [0.05, 0.1) is 5.52 Å². The van der Waals surface area contributed by atoms with Crippen molar-refractivity contribution in [3.63, 3.8) is 0 Å². The van der Waals surface area contributed by atoms with Gasteiger partial charge in [-0.3, -0.25) is 0 Å². The second-order valence-corrected chi connectivity index (χ2v) is 11.5. The molecule has 0 radical (unpaired) electrons. The topological polar surface area (TPSA) is 47.1 Å². The van der Waals surface area contributed by atoms with Gasteiger partial charge < -0.3 is 14.0 Å². The van der Waals surface area contributed by atoms with Gasteiger partial charge in [-0.1, -0.05) is 29.4 Å². The lowest BCUT2D eigenvalue weighted by Gasteiger charge is -2.46. The van der Waals surface area contributed by atoms with E-state index in [9.17, 15) is 0 Å². The minimum atomic E-state index is 0.299. The first-order valence-electron chi connectivity index (χ1n) is 13.4. The molecule has 1 saturated heterocycles. The van der Waals surface area contributed by atoms with Gasteiger partial charge in [-0.05, 0) is 80.6 Å². The predicted molar refractivity (Wildman–Crippen MR) is 145 cm³/mol. The minimum absolute atomic E-state index is 0.299. The van der Waals surface area contributed by atoms with Gasteiger partial charge in [0.25, 0.3) is 0 Å². The molecule has 5 heteroatoms. The molecule has 1 saturated carbocycles. The molecule has 1 aromatic carbocycles. The lowest BCUT2D eigenvalue weighted by atomic mass is 9.63. The van der Waals surface area contributed by atoms with Gasteiger partial charge in [0, 0.05) is 61.0 Å². The standard InChI is InChI=1S/C31H34N4O/c1-19-6-5-7-20(2)27(19)29-28(30(36-33-29)22-8-9-22)23-15-31(16-23)10-12-35(13-11-31)26-14-25-24(17-32-26)21(3)18-34(25)4/h5-7,14-15,17-18,22H,8-13,16H2,1-4H3. The van der Waals surface area contributed by atoms with E-state index in [1.807, 2.05) is 6.20 Å². The highest BCUT2D eigenvalue weighted by atomic mass is 16.5. The van der Waals surface area contributed by atoms with Crippen molar-refractivity contribution >= 4 is 22.3 Å². The normalized spacial score (nSPS) is 19.1. The molecule has 1 spiro atoms. The van der Waals surface area contributed by atoms with E-state index in [0.717, 1.165) is 36.8 Å². The molecule has 4 aromatic rings. The first-order valence-corrected chi connectivity index (χ1v) is 13.4. The molecule has 5 nitrogen and oxygen atoms in total. The van der Waals surface area contributed by atoms with Gasteiger partial charge >= 0.3 is 0 Å². The highest BCUT2D eigenvalue weighted by Gasteiger charge is 2.44. The maximum absolute atomic E-state index is 6.03. The van der Waals surface area contributed by atoms with Crippen molar-refractivity contribution in [2.24, 2.45) is 12.5 Å². The number of piperidine rings is 1. The van der Waals surface area contributed by atoms with Crippen molar-refractivity contribution in [3.8, 4) is 11.3 Å². The monoisotopic (exact) mass is 478 g/mol. The molecular formula is C31H34N4O. The van der Waals surface area contributed by atoms with Crippen molar-refractivity contribution in [2.45, 2.75) is 58.8 Å². The third-order valence-electron chi connectivity index (χ3n) is 8.87. The molecule has 36 heavy (non-hydrogen) atoms. The third kappa shape index (κ3) is 3.36. The van der Waals surface area contributed by atoms with E-state index in [-0.39, 0.29) is 0 Å². The predicted octanol–water partition coefficient (Wildman–Crippen LogP) is 7.10. The molecule has 7 rings (SSSR count). The average molecular weight is 479 g/mol. The number of allylic oxidation sites excluding steroid dienone is 2. The van der Waals surface area contributed by atoms with Crippen LogP contribution in [0, 0.1) is 26.2 Å². The first-order chi connectivity index (χ1) is 17.4. The number of pyridine rings is 1. The summed E-state index contributed by atoms with van der Waals surface area (Å²) in [4.78, 5) is 7.30. The Bertz CT molecular complexity index is 1510. The largest absolute Gasteiger partial charge is 0.360 e. The van der Waals surface area contributed by atoms with Crippen LogP contribution < -0.4 is 4.90 Å². The number of aromatic nitrogens is 3. The summed E-state index contributed by atoms with van der Waals surface area (Å²) < 4.78 is 8.24. The van der Waals surface area contributed by atoms with Crippen molar-refractivity contribution < 1.29 is 4.52 Å². The van der Waals surface area contributed by atoms with E-state index in [0.29, 0.717) is 11.3 Å². The second-order valence-electron chi connectivity index (χ2n) is 11.5. The molecule has 3 aromatic heterocycles. The molecule has 0 atom stereocenters. The lowest BCUT2D eigenvalue weighted by molar-refractivity contribution is 0.277. The fourth-order valence-electron chi connectivity index (χ4n) is 6.61. The number of nitrogens with zero attached hydrogens (tertiary/aromatic N) is 4. The van der Waals surface area contributed by atoms with E-state index in [1.165, 1.54) is 70.0 Å². The number of aryl methyl sites for hydroxylation is 4. The lowest BCUT2D eigenvalue weighted by Crippen LogP contribution is -2.42. The Balaban J connectivity index is 1.16. The summed E-state index contributed by atoms with van der Waals surface area (Å²) in [5, 5.41) is 5.91. The molecule has 4 heterocycles. The van der Waals surface area contributed by atoms with Crippen LogP contribution in [0.5, 0.6) is 0 Å². The number of hydrogen-bond donors (Lipinski definition) is 0. The van der Waals surface area contributed by atoms with Crippen molar-refractivity contribution in [1.29, 1.82) is 0 Å². The zero-order valence-electron chi connectivity index (χ0n) is 21.8. The van der Waals surface area contributed by atoms with Crippen LogP contribution >= 0.6 is 0 Å². The fraction of sp³-hybridized carbons (Fsp3) is 0.419. The molecule has 0 amide bonds. The smallest absolute Gasteiger partial charge is 0.147 e. The van der Waals surface area contributed by atoms with Crippen LogP contribution in [-0.2, 0) is 7.05 Å². The van der Waals surface area contributed by atoms with E-state index in [4.69, 9.17) is 9.51 Å². The van der Waals surface area contributed by atoms with Gasteiger partial charge in [0.2, 0.25) is 0 Å². The van der Waals surface area contributed by atoms with Crippen LogP contribution in [0.3, 0.4) is 0 Å². The summed E-state index contributed by atoms with van der Waals surface area (Å²) in [5.74, 6) is 2.78. The Morgan fingerprint density at radius 3 is 2.42 bits per heavy atom. The highest BCUT2D eigenvalue weighted by molar-refractivity contribution is 5.87. The number of hydrogen-bond acceptors (Lipinski definition) is 4. The minimum Gasteiger partial charge on any atom is -0.360 e. The third-order valence-corrected chi connectivity index (χ3v) is 8.87. The Morgan fingerprint density at radius 1 is 1.00 bits per heavy atom. The summed E-state index contributed by atoms with van der Waals surface area (Å²) in [6.45, 7) is 8.63. The Kier molecular flexibility index (Phi) is 4.76. The Hall–Kier alpha value is -3.34. The number of fused-ring (bicyclic) bond motifs is 1. The Morgan fingerprint density at radius 2 is 1.72 bits per heavy atom. The summed E-state index contributed by atoms with van der Waals surface area (Å²) in [5.41, 5.74) is 10.4. The first kappa shape index (κ1) is 21.9. The number of anilines is 1. The highest BCUT2D eigenvalue weighted by Crippen LogP contribution is 2.56. The van der Waals surface area contributed by atoms with Crippen LogP contribution in [0.4, 0.5) is 5.82 Å². The molecule has 184 valence electrons. The maximum Gasteiger partial charge on any atom is 0.147 e. The van der Waals surface area contributed by atoms with Gasteiger partial charge in [-0.2, -0.15) is 0 Å². The van der Waals surface area contributed by atoms with Crippen LogP contribution in [0.15, 0.2) is 47.3 Å². The summed E-state index contributed by atoms with van der Waals surface area (Å²) in [6.07, 6.45) is 12.7. The molecular weight excluding hydrogens is 444 g/mol. The molecule has 1 aliphatic heterocycles. The van der Waals surface area contributed by atoms with Gasteiger partial charge in [0.15, 0.2) is 0 Å². The van der Waals surface area contributed by atoms with Gasteiger partial charge in [-0.15, -0.1) is 0 Å². The van der Waals surface area contributed by atoms with Crippen molar-refractivity contribution in [3.05, 3.63) is 70.7 Å². The summed E-state index contributed by atoms with van der Waals surface area (Å²) in [6, 6.07) is 8.77. The molecule has 3 aliphatic rings. The summed E-state index contributed by atoms with van der Waals surface area (Å²) >= 11 is 0. The maximum atomic E-state index is 6.03. The molecule has 0 bridgehead atoms.